The van der Waals surface area contributed by atoms with E-state index in [2.05, 4.69) is 0 Å². The minimum Gasteiger partial charge on any atom is -0.497 e. The average Bonchev–Trinajstić information content (AvgIpc) is 3.44. The Labute approximate surface area is 222 Å². The number of para-hydroxylation sites is 1. The van der Waals surface area contributed by atoms with Gasteiger partial charge in [-0.2, -0.15) is 5.10 Å². The van der Waals surface area contributed by atoms with E-state index < -0.39 is 11.0 Å². The Kier molecular flexibility index (Phi) is 5.52. The third-order valence-corrected chi connectivity index (χ3v) is 8.19. The molecule has 1 spiro atoms. The van der Waals surface area contributed by atoms with Crippen molar-refractivity contribution in [3.05, 3.63) is 89.0 Å². The van der Waals surface area contributed by atoms with Crippen molar-refractivity contribution in [1.82, 2.24) is 4.98 Å². The number of carbonyl (C=O) groups excluding carboxylic acids is 1. The molecule has 0 radical (unpaired) electrons. The Morgan fingerprint density at radius 1 is 1.08 bits per heavy atom. The van der Waals surface area contributed by atoms with Gasteiger partial charge in [-0.05, 0) is 61.0 Å². The monoisotopic (exact) mass is 534 g/mol. The molecule has 1 fully saturated rings. The molecule has 0 bridgehead atoms. The standard InChI is InChI=1S/C27H20Cl2N4O2S/c1-16-21(14-17-10-12-20(35-2)13-11-17)27(33(31-16)19-7-5-6-18(28)15-19)24(29)25(34)32(27)26-30-22-8-3-4-9-23(22)36-26/h3-15,24H,1-2H3. The first-order valence-corrected chi connectivity index (χ1v) is 12.9. The largest absolute Gasteiger partial charge is 0.497 e. The summed E-state index contributed by atoms with van der Waals surface area (Å²) in [5, 5.41) is 6.93. The summed E-state index contributed by atoms with van der Waals surface area (Å²) in [4.78, 5) is 19.9. The molecule has 3 aromatic carbocycles. The number of benzene rings is 3. The van der Waals surface area contributed by atoms with Crippen molar-refractivity contribution in [2.24, 2.45) is 5.10 Å². The number of ether oxygens (including phenoxy) is 1. The highest BCUT2D eigenvalue weighted by molar-refractivity contribution is 7.22. The van der Waals surface area contributed by atoms with Crippen molar-refractivity contribution in [2.45, 2.75) is 18.0 Å². The number of halogens is 2. The van der Waals surface area contributed by atoms with Gasteiger partial charge in [-0.1, -0.05) is 53.3 Å². The number of rotatable bonds is 4. The predicted octanol–water partition coefficient (Wildman–Crippen LogP) is 6.59. The van der Waals surface area contributed by atoms with Gasteiger partial charge in [0.15, 0.2) is 16.2 Å². The number of thiazole rings is 1. The van der Waals surface area contributed by atoms with Crippen LogP contribution in [-0.4, -0.2) is 34.8 Å². The Hall–Kier alpha value is -3.39. The molecular formula is C27H20Cl2N4O2S. The molecule has 36 heavy (non-hydrogen) atoms. The van der Waals surface area contributed by atoms with Gasteiger partial charge < -0.3 is 4.74 Å². The van der Waals surface area contributed by atoms with E-state index in [0.29, 0.717) is 10.2 Å². The summed E-state index contributed by atoms with van der Waals surface area (Å²) in [5.41, 5.74) is 2.93. The molecule has 0 saturated carbocycles. The van der Waals surface area contributed by atoms with Crippen LogP contribution in [-0.2, 0) is 4.79 Å². The molecule has 180 valence electrons. The number of hydrogen-bond donors (Lipinski definition) is 0. The van der Waals surface area contributed by atoms with Crippen molar-refractivity contribution < 1.29 is 9.53 Å². The molecular weight excluding hydrogens is 515 g/mol. The fraction of sp³-hybridized carbons (Fsp3) is 0.148. The number of nitrogens with zero attached hydrogens (tertiary/aromatic N) is 4. The molecule has 2 aliphatic heterocycles. The van der Waals surface area contributed by atoms with Crippen LogP contribution in [0.15, 0.2) is 83.5 Å². The summed E-state index contributed by atoms with van der Waals surface area (Å²) >= 11 is 14.7. The second kappa shape index (κ2) is 8.62. The van der Waals surface area contributed by atoms with Crippen LogP contribution in [0.25, 0.3) is 16.3 Å². The van der Waals surface area contributed by atoms with Gasteiger partial charge in [-0.25, -0.2) is 9.99 Å². The van der Waals surface area contributed by atoms with Crippen LogP contribution in [0.1, 0.15) is 12.5 Å². The number of amides is 1. The van der Waals surface area contributed by atoms with Gasteiger partial charge in [0.25, 0.3) is 5.91 Å². The van der Waals surface area contributed by atoms with E-state index in [4.69, 9.17) is 38.0 Å². The molecule has 1 saturated heterocycles. The number of carbonyl (C=O) groups is 1. The summed E-state index contributed by atoms with van der Waals surface area (Å²) in [6, 6.07) is 22.9. The lowest BCUT2D eigenvalue weighted by atomic mass is 9.82. The molecule has 9 heteroatoms. The number of anilines is 2. The third-order valence-electron chi connectivity index (χ3n) is 6.44. The van der Waals surface area contributed by atoms with Crippen molar-refractivity contribution in [3.8, 4) is 5.75 Å². The van der Waals surface area contributed by atoms with Crippen LogP contribution in [0.3, 0.4) is 0 Å². The van der Waals surface area contributed by atoms with Crippen LogP contribution in [0.4, 0.5) is 10.8 Å². The van der Waals surface area contributed by atoms with Crippen molar-refractivity contribution in [2.75, 3.05) is 17.0 Å². The summed E-state index contributed by atoms with van der Waals surface area (Å²) < 4.78 is 6.29. The van der Waals surface area contributed by atoms with E-state index in [1.165, 1.54) is 11.3 Å². The van der Waals surface area contributed by atoms with Crippen LogP contribution in [0.5, 0.6) is 5.75 Å². The van der Waals surface area contributed by atoms with Gasteiger partial charge in [0.1, 0.15) is 5.75 Å². The highest BCUT2D eigenvalue weighted by Gasteiger charge is 2.69. The van der Waals surface area contributed by atoms with Gasteiger partial charge in [-0.15, -0.1) is 11.6 Å². The first-order chi connectivity index (χ1) is 17.4. The number of hydrazone groups is 1. The van der Waals surface area contributed by atoms with E-state index in [-0.39, 0.29) is 5.91 Å². The van der Waals surface area contributed by atoms with Gasteiger partial charge in [0.05, 0.1) is 28.7 Å². The number of aromatic nitrogens is 1. The summed E-state index contributed by atoms with van der Waals surface area (Å²) in [6.07, 6.45) is 2.02. The number of β-lactam (4-membered cyclic amide) rings is 1. The fourth-order valence-corrected chi connectivity index (χ4v) is 6.37. The molecule has 6 rings (SSSR count). The minimum absolute atomic E-state index is 0.228. The maximum Gasteiger partial charge on any atom is 0.254 e. The van der Waals surface area contributed by atoms with Crippen molar-refractivity contribution >= 4 is 73.3 Å². The lowest BCUT2D eigenvalue weighted by molar-refractivity contribution is -0.125. The first kappa shape index (κ1) is 23.0. The van der Waals surface area contributed by atoms with Crippen LogP contribution in [0, 0.1) is 0 Å². The van der Waals surface area contributed by atoms with Gasteiger partial charge in [0, 0.05) is 10.6 Å². The second-order valence-corrected chi connectivity index (χ2v) is 10.4. The molecule has 4 aromatic rings. The van der Waals surface area contributed by atoms with Crippen LogP contribution in [0.2, 0.25) is 5.02 Å². The van der Waals surface area contributed by atoms with E-state index in [0.717, 1.165) is 38.5 Å². The molecule has 2 atom stereocenters. The van der Waals surface area contributed by atoms with Crippen molar-refractivity contribution in [1.29, 1.82) is 0 Å². The Balaban J connectivity index is 1.57. The smallest absolute Gasteiger partial charge is 0.254 e. The zero-order valence-electron chi connectivity index (χ0n) is 19.4. The zero-order valence-corrected chi connectivity index (χ0v) is 21.7. The molecule has 0 aliphatic carbocycles. The predicted molar refractivity (Wildman–Crippen MR) is 147 cm³/mol. The first-order valence-electron chi connectivity index (χ1n) is 11.2. The molecule has 6 nitrogen and oxygen atoms in total. The lowest BCUT2D eigenvalue weighted by Gasteiger charge is -2.55. The summed E-state index contributed by atoms with van der Waals surface area (Å²) in [5.74, 6) is 0.530. The highest BCUT2D eigenvalue weighted by atomic mass is 35.5. The van der Waals surface area contributed by atoms with Gasteiger partial charge >= 0.3 is 0 Å². The van der Waals surface area contributed by atoms with E-state index in [1.807, 2.05) is 79.7 Å². The molecule has 0 N–H and O–H groups in total. The van der Waals surface area contributed by atoms with Crippen molar-refractivity contribution in [3.63, 3.8) is 0 Å². The maximum absolute atomic E-state index is 13.4. The third kappa shape index (κ3) is 3.34. The number of methoxy groups -OCH3 is 1. The topological polar surface area (TPSA) is 58.0 Å². The van der Waals surface area contributed by atoms with Crippen LogP contribution < -0.4 is 14.6 Å². The molecule has 1 amide bonds. The Morgan fingerprint density at radius 3 is 2.58 bits per heavy atom. The number of alkyl halides is 1. The Morgan fingerprint density at radius 2 is 1.86 bits per heavy atom. The highest BCUT2D eigenvalue weighted by Crippen LogP contribution is 2.54. The van der Waals surface area contributed by atoms with Gasteiger partial charge in [-0.3, -0.25) is 9.69 Å². The summed E-state index contributed by atoms with van der Waals surface area (Å²) in [7, 11) is 1.63. The summed E-state index contributed by atoms with van der Waals surface area (Å²) in [6.45, 7) is 1.92. The lowest BCUT2D eigenvalue weighted by Crippen LogP contribution is -2.79. The van der Waals surface area contributed by atoms with E-state index >= 15 is 0 Å². The quantitative estimate of drug-likeness (QED) is 0.219. The zero-order chi connectivity index (χ0) is 25.0. The molecule has 1 aromatic heterocycles. The number of hydrogen-bond acceptors (Lipinski definition) is 6. The maximum atomic E-state index is 13.4. The average molecular weight is 535 g/mol. The molecule has 3 heterocycles. The van der Waals surface area contributed by atoms with E-state index in [9.17, 15) is 4.79 Å². The Bertz CT molecular complexity index is 1530. The van der Waals surface area contributed by atoms with Crippen LogP contribution >= 0.6 is 34.5 Å². The fourth-order valence-electron chi connectivity index (χ4n) is 4.76. The van der Waals surface area contributed by atoms with Gasteiger partial charge in [0.2, 0.25) is 0 Å². The number of fused-ring (bicyclic) bond motifs is 1. The molecule has 2 unspecified atom stereocenters. The molecule has 2 aliphatic rings. The second-order valence-electron chi connectivity index (χ2n) is 8.53. The SMILES string of the molecule is COc1ccc(C=C2C(C)=NN(c3cccc(Cl)c3)C23C(Cl)C(=O)N3c2nc3ccccc3s2)cc1. The minimum atomic E-state index is -1.11. The van der Waals surface area contributed by atoms with E-state index in [1.54, 1.807) is 23.1 Å². The normalized spacial score (nSPS) is 22.4.